The third kappa shape index (κ3) is 2.67. The largest absolute Gasteiger partial charge is 0.494 e. The zero-order chi connectivity index (χ0) is 17.2. The van der Waals surface area contributed by atoms with Crippen LogP contribution in [0, 0.1) is 0 Å². The Kier molecular flexibility index (Phi) is 3.78. The predicted octanol–water partition coefficient (Wildman–Crippen LogP) is 2.95. The highest BCUT2D eigenvalue weighted by Crippen LogP contribution is 2.18. The molecule has 2 aromatic heterocycles. The zero-order valence-electron chi connectivity index (χ0n) is 13.7. The van der Waals surface area contributed by atoms with E-state index in [1.807, 2.05) is 61.5 Å². The van der Waals surface area contributed by atoms with E-state index in [1.165, 1.54) is 0 Å². The number of fused-ring (bicyclic) bond motifs is 1. The van der Waals surface area contributed by atoms with Crippen molar-refractivity contribution in [1.29, 1.82) is 0 Å². The fourth-order valence-electron chi connectivity index (χ4n) is 2.74. The van der Waals surface area contributed by atoms with Gasteiger partial charge in [-0.15, -0.1) is 10.2 Å². The molecule has 124 valence electrons. The van der Waals surface area contributed by atoms with Gasteiger partial charge in [-0.3, -0.25) is 13.8 Å². The average Bonchev–Trinajstić information content (AvgIpc) is 3.09. The van der Waals surface area contributed by atoms with Crippen molar-refractivity contribution in [2.75, 3.05) is 6.61 Å². The summed E-state index contributed by atoms with van der Waals surface area (Å²) in [6.07, 6.45) is 3.52. The van der Waals surface area contributed by atoms with Crippen molar-refractivity contribution < 1.29 is 4.74 Å². The van der Waals surface area contributed by atoms with Crippen LogP contribution in [-0.4, -0.2) is 25.8 Å². The molecule has 0 spiro atoms. The van der Waals surface area contributed by atoms with Crippen molar-refractivity contribution in [2.45, 2.75) is 6.92 Å². The molecule has 0 unspecified atom stereocenters. The van der Waals surface area contributed by atoms with E-state index in [4.69, 9.17) is 4.74 Å². The summed E-state index contributed by atoms with van der Waals surface area (Å²) in [5, 5.41) is 8.26. The molecule has 6 heteroatoms. The number of rotatable bonds is 4. The molecule has 4 aromatic rings. The first kappa shape index (κ1) is 15.1. The van der Waals surface area contributed by atoms with Crippen LogP contribution < -0.4 is 10.3 Å². The van der Waals surface area contributed by atoms with Crippen LogP contribution in [0.15, 0.2) is 71.8 Å². The van der Waals surface area contributed by atoms with Gasteiger partial charge in [0.05, 0.1) is 6.61 Å². The Morgan fingerprint density at radius 1 is 0.960 bits per heavy atom. The Balaban J connectivity index is 1.80. The summed E-state index contributed by atoms with van der Waals surface area (Å²) in [6.45, 7) is 2.54. The van der Waals surface area contributed by atoms with Gasteiger partial charge >= 0.3 is 5.56 Å². The van der Waals surface area contributed by atoms with E-state index in [1.54, 1.807) is 21.4 Å². The predicted molar refractivity (Wildman–Crippen MR) is 95.2 cm³/mol. The van der Waals surface area contributed by atoms with Crippen molar-refractivity contribution in [3.8, 4) is 22.8 Å². The highest BCUT2D eigenvalue weighted by Gasteiger charge is 2.12. The maximum absolute atomic E-state index is 12.8. The molecule has 0 aliphatic carbocycles. The van der Waals surface area contributed by atoms with Crippen LogP contribution in [0.2, 0.25) is 0 Å². The summed E-state index contributed by atoms with van der Waals surface area (Å²) >= 11 is 0. The third-order valence-electron chi connectivity index (χ3n) is 3.93. The van der Waals surface area contributed by atoms with Crippen LogP contribution in [0.3, 0.4) is 0 Å². The van der Waals surface area contributed by atoms with E-state index in [0.29, 0.717) is 12.4 Å². The third-order valence-corrected chi connectivity index (χ3v) is 3.93. The van der Waals surface area contributed by atoms with Crippen LogP contribution in [0.4, 0.5) is 0 Å². The van der Waals surface area contributed by atoms with Gasteiger partial charge in [0, 0.05) is 23.6 Å². The van der Waals surface area contributed by atoms with Gasteiger partial charge in [-0.2, -0.15) is 0 Å². The van der Waals surface area contributed by atoms with Crippen molar-refractivity contribution in [3.63, 3.8) is 0 Å². The molecular formula is C19H16N4O2. The average molecular weight is 332 g/mol. The van der Waals surface area contributed by atoms with Gasteiger partial charge in [0.15, 0.2) is 5.82 Å². The van der Waals surface area contributed by atoms with E-state index in [0.717, 1.165) is 17.0 Å². The first-order valence-electron chi connectivity index (χ1n) is 8.03. The molecule has 0 amide bonds. The lowest BCUT2D eigenvalue weighted by atomic mass is 10.2. The lowest BCUT2D eigenvalue weighted by Gasteiger charge is -2.08. The lowest BCUT2D eigenvalue weighted by Crippen LogP contribution is -2.20. The second kappa shape index (κ2) is 6.24. The standard InChI is InChI=1S/C19H16N4O2/c1-2-25-16-10-8-15(9-11-16)22-12-13-23-17(14-6-4-3-5-7-14)20-21-18(23)19(22)24/h3-13H,2H2,1H3. The number of ether oxygens (including phenoxy) is 1. The second-order valence-corrected chi connectivity index (χ2v) is 5.48. The molecule has 0 radical (unpaired) electrons. The van der Waals surface area contributed by atoms with Crippen LogP contribution in [0.25, 0.3) is 22.7 Å². The number of aromatic nitrogens is 4. The Hall–Kier alpha value is -3.41. The summed E-state index contributed by atoms with van der Waals surface area (Å²) in [7, 11) is 0. The van der Waals surface area contributed by atoms with E-state index in [-0.39, 0.29) is 11.2 Å². The minimum Gasteiger partial charge on any atom is -0.494 e. The van der Waals surface area contributed by atoms with Crippen LogP contribution in [-0.2, 0) is 0 Å². The number of benzene rings is 2. The Labute approximate surface area is 144 Å². The van der Waals surface area contributed by atoms with E-state index >= 15 is 0 Å². The molecule has 4 rings (SSSR count). The fraction of sp³-hybridized carbons (Fsp3) is 0.105. The first-order chi connectivity index (χ1) is 12.3. The van der Waals surface area contributed by atoms with Gasteiger partial charge in [0.25, 0.3) is 0 Å². The van der Waals surface area contributed by atoms with Gasteiger partial charge in [0.2, 0.25) is 5.65 Å². The molecule has 25 heavy (non-hydrogen) atoms. The highest BCUT2D eigenvalue weighted by atomic mass is 16.5. The van der Waals surface area contributed by atoms with Crippen LogP contribution in [0.1, 0.15) is 6.92 Å². The quantitative estimate of drug-likeness (QED) is 0.576. The fourth-order valence-corrected chi connectivity index (χ4v) is 2.74. The molecule has 0 N–H and O–H groups in total. The van der Waals surface area contributed by atoms with Gasteiger partial charge in [-0.05, 0) is 31.2 Å². The minimum absolute atomic E-state index is 0.221. The van der Waals surface area contributed by atoms with Crippen molar-refractivity contribution in [3.05, 3.63) is 77.3 Å². The van der Waals surface area contributed by atoms with Crippen LogP contribution >= 0.6 is 0 Å². The second-order valence-electron chi connectivity index (χ2n) is 5.48. The van der Waals surface area contributed by atoms with Gasteiger partial charge in [0.1, 0.15) is 5.75 Å². The molecule has 2 aromatic carbocycles. The summed E-state index contributed by atoms with van der Waals surface area (Å²) in [5.41, 5.74) is 1.73. The lowest BCUT2D eigenvalue weighted by molar-refractivity contribution is 0.340. The Morgan fingerprint density at radius 3 is 2.44 bits per heavy atom. The van der Waals surface area contributed by atoms with Crippen molar-refractivity contribution >= 4 is 5.65 Å². The first-order valence-corrected chi connectivity index (χ1v) is 8.03. The van der Waals surface area contributed by atoms with Crippen molar-refractivity contribution in [1.82, 2.24) is 19.2 Å². The molecule has 0 saturated heterocycles. The molecule has 0 aliphatic heterocycles. The number of nitrogens with zero attached hydrogens (tertiary/aromatic N) is 4. The maximum atomic E-state index is 12.8. The Morgan fingerprint density at radius 2 is 1.72 bits per heavy atom. The van der Waals surface area contributed by atoms with Crippen LogP contribution in [0.5, 0.6) is 5.75 Å². The van der Waals surface area contributed by atoms with E-state index < -0.39 is 0 Å². The molecule has 0 bridgehead atoms. The molecule has 0 aliphatic rings. The maximum Gasteiger partial charge on any atom is 0.300 e. The molecule has 0 saturated carbocycles. The van der Waals surface area contributed by atoms with Gasteiger partial charge in [-0.25, -0.2) is 0 Å². The van der Waals surface area contributed by atoms with E-state index in [2.05, 4.69) is 10.2 Å². The van der Waals surface area contributed by atoms with Gasteiger partial charge in [-0.1, -0.05) is 30.3 Å². The smallest absolute Gasteiger partial charge is 0.300 e. The molecule has 0 atom stereocenters. The van der Waals surface area contributed by atoms with E-state index in [9.17, 15) is 4.79 Å². The SMILES string of the molecule is CCOc1ccc(-n2ccn3c(-c4ccccc4)nnc3c2=O)cc1. The molecule has 6 nitrogen and oxygen atoms in total. The highest BCUT2D eigenvalue weighted by molar-refractivity contribution is 5.59. The summed E-state index contributed by atoms with van der Waals surface area (Å²) in [6, 6.07) is 17.0. The van der Waals surface area contributed by atoms with Gasteiger partial charge < -0.3 is 4.74 Å². The molecular weight excluding hydrogens is 316 g/mol. The molecule has 0 fully saturated rings. The monoisotopic (exact) mass is 332 g/mol. The number of hydrogen-bond acceptors (Lipinski definition) is 4. The summed E-state index contributed by atoms with van der Waals surface area (Å²) in [5.74, 6) is 1.42. The summed E-state index contributed by atoms with van der Waals surface area (Å²) < 4.78 is 8.70. The van der Waals surface area contributed by atoms with Crippen molar-refractivity contribution in [2.24, 2.45) is 0 Å². The molecule has 2 heterocycles. The zero-order valence-corrected chi connectivity index (χ0v) is 13.7. The number of hydrogen-bond donors (Lipinski definition) is 0. The summed E-state index contributed by atoms with van der Waals surface area (Å²) in [4.78, 5) is 12.8. The normalized spacial score (nSPS) is 10.9. The minimum atomic E-state index is -0.221. The topological polar surface area (TPSA) is 61.4 Å². The Bertz CT molecular complexity index is 1070.